The third kappa shape index (κ3) is 2.82. The molecule has 0 saturated heterocycles. The summed E-state index contributed by atoms with van der Waals surface area (Å²) in [6.07, 6.45) is 0. The van der Waals surface area contributed by atoms with Crippen molar-refractivity contribution >= 4 is 5.91 Å². The quantitative estimate of drug-likeness (QED) is 0.467. The molecule has 0 spiro atoms. The molecule has 0 rings (SSSR count). The Morgan fingerprint density at radius 1 is 1.55 bits per heavy atom. The van der Waals surface area contributed by atoms with Crippen molar-refractivity contribution in [3.63, 3.8) is 0 Å². The molecular weight excluding hydrogens is 140 g/mol. The number of quaternary nitrogens is 1. The highest BCUT2D eigenvalue weighted by atomic mass is 16.2. The van der Waals surface area contributed by atoms with Gasteiger partial charge in [0.1, 0.15) is 0 Å². The molecule has 0 aromatic carbocycles. The van der Waals surface area contributed by atoms with Crippen LogP contribution in [0.3, 0.4) is 0 Å². The number of carbonyl (C=O) groups is 1. The zero-order valence-corrected chi connectivity index (χ0v) is 7.55. The smallest absolute Gasteiger partial charge is 0.326 e. The molecule has 0 fully saturated rings. The first-order valence-electron chi connectivity index (χ1n) is 3.65. The topological polar surface area (TPSA) is 43.1 Å². The van der Waals surface area contributed by atoms with Crippen molar-refractivity contribution in [3.8, 4) is 0 Å². The van der Waals surface area contributed by atoms with Gasteiger partial charge in [0.05, 0.1) is 20.6 Å². The van der Waals surface area contributed by atoms with Crippen molar-refractivity contribution in [2.24, 2.45) is 5.73 Å². The molecule has 11 heavy (non-hydrogen) atoms. The predicted octanol–water partition coefficient (Wildman–Crippen LogP) is 0.124. The van der Waals surface area contributed by atoms with E-state index >= 15 is 0 Å². The van der Waals surface area contributed by atoms with Gasteiger partial charge >= 0.3 is 5.91 Å². The highest BCUT2D eigenvalue weighted by Crippen LogP contribution is 2.03. The molecule has 3 nitrogen and oxygen atoms in total. The Hall–Kier alpha value is -0.670. The van der Waals surface area contributed by atoms with Crippen LogP contribution in [0.4, 0.5) is 0 Å². The zero-order valence-electron chi connectivity index (χ0n) is 7.55. The van der Waals surface area contributed by atoms with Crippen LogP contribution in [0.2, 0.25) is 0 Å². The van der Waals surface area contributed by atoms with Crippen LogP contribution in [0.1, 0.15) is 6.92 Å². The highest BCUT2D eigenvalue weighted by molar-refractivity contribution is 5.86. The fraction of sp³-hybridized carbons (Fsp3) is 0.625. The molecule has 0 atom stereocenters. The van der Waals surface area contributed by atoms with Crippen molar-refractivity contribution < 1.29 is 9.28 Å². The van der Waals surface area contributed by atoms with E-state index in [-0.39, 0.29) is 5.91 Å². The van der Waals surface area contributed by atoms with E-state index in [1.54, 1.807) is 6.92 Å². The largest absolute Gasteiger partial charge is 0.340 e. The number of carbonyl (C=O) groups excluding carboxylic acids is 1. The van der Waals surface area contributed by atoms with Gasteiger partial charge in [-0.3, -0.25) is 4.48 Å². The highest BCUT2D eigenvalue weighted by Gasteiger charge is 2.25. The van der Waals surface area contributed by atoms with E-state index in [2.05, 4.69) is 6.58 Å². The fourth-order valence-corrected chi connectivity index (χ4v) is 0.941. The summed E-state index contributed by atoms with van der Waals surface area (Å²) in [6.45, 7) is 6.50. The second-order valence-electron chi connectivity index (χ2n) is 3.28. The van der Waals surface area contributed by atoms with Crippen LogP contribution in [0.25, 0.3) is 0 Å². The third-order valence-electron chi connectivity index (χ3n) is 1.60. The summed E-state index contributed by atoms with van der Waals surface area (Å²) in [5.74, 6) is 0.0513. The molecule has 0 radical (unpaired) electrons. The lowest BCUT2D eigenvalue weighted by Gasteiger charge is -2.25. The Labute approximate surface area is 68.1 Å². The van der Waals surface area contributed by atoms with E-state index in [1.807, 2.05) is 14.1 Å². The normalized spacial score (nSPS) is 11.3. The van der Waals surface area contributed by atoms with Crippen molar-refractivity contribution in [2.75, 3.05) is 27.2 Å². The van der Waals surface area contributed by atoms with Gasteiger partial charge in [0, 0.05) is 12.1 Å². The Balaban J connectivity index is 4.29. The van der Waals surface area contributed by atoms with Gasteiger partial charge in [-0.2, -0.15) is 0 Å². The lowest BCUT2D eigenvalue weighted by atomic mass is 10.2. The third-order valence-corrected chi connectivity index (χ3v) is 1.60. The molecule has 0 aliphatic rings. The van der Waals surface area contributed by atoms with Gasteiger partial charge in [-0.1, -0.05) is 6.58 Å². The van der Waals surface area contributed by atoms with E-state index in [9.17, 15) is 4.79 Å². The second-order valence-corrected chi connectivity index (χ2v) is 3.28. The molecule has 0 heterocycles. The molecule has 0 unspecified atom stereocenters. The van der Waals surface area contributed by atoms with Crippen molar-refractivity contribution in [1.82, 2.24) is 0 Å². The van der Waals surface area contributed by atoms with Gasteiger partial charge in [-0.05, 0) is 6.92 Å². The molecule has 0 bridgehead atoms. The minimum atomic E-state index is 0.0513. The van der Waals surface area contributed by atoms with E-state index in [0.717, 1.165) is 0 Å². The van der Waals surface area contributed by atoms with Gasteiger partial charge in [-0.15, -0.1) is 0 Å². The van der Waals surface area contributed by atoms with Gasteiger partial charge in [0.15, 0.2) is 0 Å². The molecule has 0 saturated carbocycles. The average Bonchev–Trinajstić information content (AvgIpc) is 1.86. The second kappa shape index (κ2) is 3.64. The summed E-state index contributed by atoms with van der Waals surface area (Å²) in [4.78, 5) is 11.4. The number of hydrogen-bond donors (Lipinski definition) is 1. The average molecular weight is 157 g/mol. The minimum absolute atomic E-state index is 0.0513. The summed E-state index contributed by atoms with van der Waals surface area (Å²) in [5.41, 5.74) is 5.94. The van der Waals surface area contributed by atoms with Crippen LogP contribution in [0.5, 0.6) is 0 Å². The molecule has 64 valence electrons. The van der Waals surface area contributed by atoms with Crippen LogP contribution in [0, 0.1) is 0 Å². The molecule has 0 aromatic rings. The molecule has 1 amide bonds. The number of hydrogen-bond acceptors (Lipinski definition) is 2. The summed E-state index contributed by atoms with van der Waals surface area (Å²) in [5, 5.41) is 0. The van der Waals surface area contributed by atoms with Crippen LogP contribution in [-0.4, -0.2) is 37.6 Å². The van der Waals surface area contributed by atoms with Crippen LogP contribution in [-0.2, 0) is 4.79 Å². The maximum Gasteiger partial charge on any atom is 0.340 e. The number of rotatable bonds is 3. The standard InChI is InChI=1S/C8H17N2O/c1-7(2)8(11)10(3,4)6-5-9/h1,5-6,9H2,2-4H3/q+1. The number of amides is 1. The predicted molar refractivity (Wildman–Crippen MR) is 45.9 cm³/mol. The molecule has 3 heteroatoms. The van der Waals surface area contributed by atoms with E-state index < -0.39 is 0 Å². The lowest BCUT2D eigenvalue weighted by Crippen LogP contribution is -2.48. The molecular formula is C8H17N2O+. The van der Waals surface area contributed by atoms with Crippen molar-refractivity contribution in [2.45, 2.75) is 6.92 Å². The minimum Gasteiger partial charge on any atom is -0.326 e. The number of nitrogens with zero attached hydrogens (tertiary/aromatic N) is 1. The summed E-state index contributed by atoms with van der Waals surface area (Å²) >= 11 is 0. The first-order valence-corrected chi connectivity index (χ1v) is 3.65. The summed E-state index contributed by atoms with van der Waals surface area (Å²) < 4.78 is 0.297. The van der Waals surface area contributed by atoms with Crippen LogP contribution < -0.4 is 5.73 Å². The van der Waals surface area contributed by atoms with E-state index in [0.29, 0.717) is 23.1 Å². The van der Waals surface area contributed by atoms with Crippen LogP contribution in [0.15, 0.2) is 12.2 Å². The Kier molecular flexibility index (Phi) is 3.42. The van der Waals surface area contributed by atoms with E-state index in [4.69, 9.17) is 5.73 Å². The van der Waals surface area contributed by atoms with Crippen molar-refractivity contribution in [1.29, 1.82) is 0 Å². The lowest BCUT2D eigenvalue weighted by molar-refractivity contribution is -0.810. The van der Waals surface area contributed by atoms with Crippen molar-refractivity contribution in [3.05, 3.63) is 12.2 Å². The zero-order chi connectivity index (χ0) is 9.07. The summed E-state index contributed by atoms with van der Waals surface area (Å²) in [6, 6.07) is 0. The Morgan fingerprint density at radius 2 is 2.00 bits per heavy atom. The maximum absolute atomic E-state index is 11.4. The molecule has 0 aliphatic heterocycles. The summed E-state index contributed by atoms with van der Waals surface area (Å²) in [7, 11) is 3.67. The first-order chi connectivity index (χ1) is 4.91. The first kappa shape index (κ1) is 10.3. The van der Waals surface area contributed by atoms with Gasteiger partial charge in [0.25, 0.3) is 0 Å². The van der Waals surface area contributed by atoms with Gasteiger partial charge in [0.2, 0.25) is 0 Å². The van der Waals surface area contributed by atoms with Crippen LogP contribution >= 0.6 is 0 Å². The SMILES string of the molecule is C=C(C)C(=O)[N+](C)(C)CCN. The monoisotopic (exact) mass is 157 g/mol. The Bertz CT molecular complexity index is 173. The van der Waals surface area contributed by atoms with E-state index in [1.165, 1.54) is 0 Å². The van der Waals surface area contributed by atoms with Gasteiger partial charge < -0.3 is 5.73 Å². The van der Waals surface area contributed by atoms with Gasteiger partial charge in [-0.25, -0.2) is 4.79 Å². The molecule has 0 aliphatic carbocycles. The molecule has 2 N–H and O–H groups in total. The number of nitrogens with two attached hydrogens (primary N) is 1. The Morgan fingerprint density at radius 3 is 2.27 bits per heavy atom. The maximum atomic E-state index is 11.4. The fourth-order valence-electron chi connectivity index (χ4n) is 0.941. The number of likely N-dealkylation sites (N-methyl/N-ethyl adjacent to an activating group) is 1. The molecule has 0 aromatic heterocycles.